The second kappa shape index (κ2) is 7.23. The van der Waals surface area contributed by atoms with Gasteiger partial charge in [-0.1, -0.05) is 0 Å². The number of hydrogen-bond acceptors (Lipinski definition) is 4. The first-order valence-corrected chi connectivity index (χ1v) is 7.81. The van der Waals surface area contributed by atoms with Crippen molar-refractivity contribution in [1.82, 2.24) is 25.2 Å². The molecule has 1 aliphatic heterocycles. The third-order valence-electron chi connectivity index (χ3n) is 3.85. The third-order valence-corrected chi connectivity index (χ3v) is 3.85. The maximum Gasteiger partial charge on any atom is 0.315 e. The molecular formula is C16H21N5O2. The van der Waals surface area contributed by atoms with Crippen LogP contribution in [0, 0.1) is 6.92 Å². The minimum Gasteiger partial charge on any atom is -0.376 e. The number of pyridine rings is 1. The van der Waals surface area contributed by atoms with Gasteiger partial charge < -0.3 is 15.4 Å². The fraction of sp³-hybridized carbons (Fsp3) is 0.438. The molecule has 0 radical (unpaired) electrons. The van der Waals surface area contributed by atoms with Crippen LogP contribution in [0.2, 0.25) is 0 Å². The van der Waals surface area contributed by atoms with Crippen LogP contribution >= 0.6 is 0 Å². The van der Waals surface area contributed by atoms with E-state index in [0.717, 1.165) is 36.7 Å². The Bertz CT molecular complexity index is 664. The lowest BCUT2D eigenvalue weighted by atomic mass is 10.2. The van der Waals surface area contributed by atoms with Crippen molar-refractivity contribution in [2.45, 2.75) is 32.4 Å². The number of hydrogen-bond donors (Lipinski definition) is 2. The minimum atomic E-state index is -0.183. The van der Waals surface area contributed by atoms with Crippen molar-refractivity contribution in [1.29, 1.82) is 0 Å². The third kappa shape index (κ3) is 4.07. The van der Waals surface area contributed by atoms with Gasteiger partial charge in [0.1, 0.15) is 11.6 Å². The van der Waals surface area contributed by atoms with Gasteiger partial charge in [-0.2, -0.15) is 0 Å². The Hall–Kier alpha value is -2.41. The molecule has 2 aromatic rings. The minimum absolute atomic E-state index is 0.150. The lowest BCUT2D eigenvalue weighted by molar-refractivity contribution is 0.111. The number of amides is 2. The second-order valence-corrected chi connectivity index (χ2v) is 5.57. The summed E-state index contributed by atoms with van der Waals surface area (Å²) in [5, 5.41) is 5.69. The van der Waals surface area contributed by atoms with Gasteiger partial charge in [0.15, 0.2) is 0 Å². The maximum absolute atomic E-state index is 11.8. The number of rotatable bonds is 5. The van der Waals surface area contributed by atoms with Crippen LogP contribution in [0.1, 0.15) is 24.2 Å². The number of carbonyl (C=O) groups is 1. The van der Waals surface area contributed by atoms with E-state index in [2.05, 4.69) is 20.6 Å². The Balaban J connectivity index is 1.52. The lowest BCUT2D eigenvalue weighted by Gasteiger charge is -2.12. The summed E-state index contributed by atoms with van der Waals surface area (Å²) in [4.78, 5) is 20.4. The summed E-state index contributed by atoms with van der Waals surface area (Å²) < 4.78 is 7.38. The molecule has 0 spiro atoms. The van der Waals surface area contributed by atoms with Gasteiger partial charge in [0.25, 0.3) is 0 Å². The first-order valence-electron chi connectivity index (χ1n) is 7.81. The predicted molar refractivity (Wildman–Crippen MR) is 85.3 cm³/mol. The van der Waals surface area contributed by atoms with Crippen molar-refractivity contribution in [3.8, 4) is 5.82 Å². The quantitative estimate of drug-likeness (QED) is 0.877. The van der Waals surface area contributed by atoms with Gasteiger partial charge in [-0.25, -0.2) is 14.8 Å². The van der Waals surface area contributed by atoms with E-state index in [-0.39, 0.29) is 12.1 Å². The van der Waals surface area contributed by atoms with Gasteiger partial charge in [0.05, 0.1) is 6.10 Å². The van der Waals surface area contributed by atoms with Crippen LogP contribution in [0.25, 0.3) is 5.82 Å². The molecule has 2 aromatic heterocycles. The Morgan fingerprint density at radius 1 is 1.39 bits per heavy atom. The van der Waals surface area contributed by atoms with E-state index in [4.69, 9.17) is 4.74 Å². The zero-order valence-electron chi connectivity index (χ0n) is 13.2. The summed E-state index contributed by atoms with van der Waals surface area (Å²) in [6.45, 7) is 3.72. The standard InChI is InChI=1S/C16H21N5O2/c1-12-17-6-7-21(12)15-9-13(4-5-18-15)10-19-16(22)20-11-14-3-2-8-23-14/h4-7,9,14H,2-3,8,10-11H2,1H3,(H2,19,20,22)/t14-/m1/s1. The van der Waals surface area contributed by atoms with Crippen molar-refractivity contribution in [2.75, 3.05) is 13.2 Å². The van der Waals surface area contributed by atoms with E-state index in [1.807, 2.05) is 29.8 Å². The van der Waals surface area contributed by atoms with Crippen LogP contribution in [0.3, 0.4) is 0 Å². The second-order valence-electron chi connectivity index (χ2n) is 5.57. The summed E-state index contributed by atoms with van der Waals surface area (Å²) in [7, 11) is 0. The average molecular weight is 315 g/mol. The fourth-order valence-electron chi connectivity index (χ4n) is 2.58. The SMILES string of the molecule is Cc1nccn1-c1cc(CNC(=O)NC[C@H]2CCCO2)ccn1. The molecule has 1 atom stereocenters. The first-order chi connectivity index (χ1) is 11.2. The predicted octanol–water partition coefficient (Wildman–Crippen LogP) is 1.55. The maximum atomic E-state index is 11.8. The first kappa shape index (κ1) is 15.5. The van der Waals surface area contributed by atoms with Crippen LogP contribution in [-0.4, -0.2) is 39.8 Å². The largest absolute Gasteiger partial charge is 0.376 e. The molecule has 0 aromatic carbocycles. The average Bonchev–Trinajstić information content (AvgIpc) is 3.22. The molecule has 23 heavy (non-hydrogen) atoms. The number of aromatic nitrogens is 3. The van der Waals surface area contributed by atoms with E-state index in [9.17, 15) is 4.79 Å². The van der Waals surface area contributed by atoms with Crippen molar-refractivity contribution in [3.05, 3.63) is 42.1 Å². The molecule has 0 saturated carbocycles. The lowest BCUT2D eigenvalue weighted by Crippen LogP contribution is -2.39. The number of imidazole rings is 1. The van der Waals surface area contributed by atoms with Crippen molar-refractivity contribution < 1.29 is 9.53 Å². The normalized spacial score (nSPS) is 17.2. The Morgan fingerprint density at radius 3 is 3.04 bits per heavy atom. The molecule has 3 rings (SSSR count). The highest BCUT2D eigenvalue weighted by molar-refractivity contribution is 5.73. The van der Waals surface area contributed by atoms with Gasteiger partial charge in [-0.05, 0) is 37.5 Å². The monoisotopic (exact) mass is 315 g/mol. The molecule has 3 heterocycles. The number of urea groups is 1. The zero-order valence-corrected chi connectivity index (χ0v) is 13.2. The molecule has 1 saturated heterocycles. The molecular weight excluding hydrogens is 294 g/mol. The molecule has 7 nitrogen and oxygen atoms in total. The van der Waals surface area contributed by atoms with Gasteiger partial charge in [-0.15, -0.1) is 0 Å². The van der Waals surface area contributed by atoms with Crippen LogP contribution in [-0.2, 0) is 11.3 Å². The highest BCUT2D eigenvalue weighted by Crippen LogP contribution is 2.11. The Kier molecular flexibility index (Phi) is 4.87. The number of carbonyl (C=O) groups excluding carboxylic acids is 1. The summed E-state index contributed by atoms with van der Waals surface area (Å²) in [5.41, 5.74) is 0.982. The van der Waals surface area contributed by atoms with E-state index in [0.29, 0.717) is 13.1 Å². The molecule has 1 fully saturated rings. The van der Waals surface area contributed by atoms with E-state index in [1.54, 1.807) is 12.4 Å². The molecule has 1 aliphatic rings. The molecule has 0 bridgehead atoms. The molecule has 7 heteroatoms. The van der Waals surface area contributed by atoms with Crippen LogP contribution in [0.5, 0.6) is 0 Å². The number of nitrogens with zero attached hydrogens (tertiary/aromatic N) is 3. The van der Waals surface area contributed by atoms with E-state index >= 15 is 0 Å². The highest BCUT2D eigenvalue weighted by atomic mass is 16.5. The van der Waals surface area contributed by atoms with Crippen molar-refractivity contribution in [3.63, 3.8) is 0 Å². The summed E-state index contributed by atoms with van der Waals surface area (Å²) in [5.74, 6) is 1.66. The molecule has 122 valence electrons. The smallest absolute Gasteiger partial charge is 0.315 e. The topological polar surface area (TPSA) is 81.1 Å². The van der Waals surface area contributed by atoms with Crippen LogP contribution in [0.4, 0.5) is 4.79 Å². The highest BCUT2D eigenvalue weighted by Gasteiger charge is 2.15. The zero-order chi connectivity index (χ0) is 16.1. The Labute approximate surface area is 135 Å². The fourth-order valence-corrected chi connectivity index (χ4v) is 2.58. The summed E-state index contributed by atoms with van der Waals surface area (Å²) >= 11 is 0. The number of nitrogens with one attached hydrogen (secondary N) is 2. The molecule has 0 unspecified atom stereocenters. The molecule has 0 aliphatic carbocycles. The molecule has 2 N–H and O–H groups in total. The van der Waals surface area contributed by atoms with Gasteiger partial charge in [0.2, 0.25) is 0 Å². The van der Waals surface area contributed by atoms with Gasteiger partial charge in [0, 0.05) is 38.3 Å². The summed E-state index contributed by atoms with van der Waals surface area (Å²) in [6.07, 6.45) is 7.57. The van der Waals surface area contributed by atoms with Gasteiger partial charge in [-0.3, -0.25) is 4.57 Å². The Morgan fingerprint density at radius 2 is 2.30 bits per heavy atom. The van der Waals surface area contributed by atoms with Crippen molar-refractivity contribution >= 4 is 6.03 Å². The van der Waals surface area contributed by atoms with Crippen molar-refractivity contribution in [2.24, 2.45) is 0 Å². The number of aryl methyl sites for hydroxylation is 1. The summed E-state index contributed by atoms with van der Waals surface area (Å²) in [6, 6.07) is 3.64. The number of ether oxygens (including phenoxy) is 1. The van der Waals surface area contributed by atoms with E-state index in [1.165, 1.54) is 0 Å². The molecule has 2 amide bonds. The van der Waals surface area contributed by atoms with Gasteiger partial charge >= 0.3 is 6.03 Å². The van der Waals surface area contributed by atoms with Crippen LogP contribution in [0.15, 0.2) is 30.7 Å². The van der Waals surface area contributed by atoms with E-state index < -0.39 is 0 Å². The van der Waals surface area contributed by atoms with Crippen LogP contribution < -0.4 is 10.6 Å².